The van der Waals surface area contributed by atoms with Crippen molar-refractivity contribution in [2.75, 3.05) is 39.3 Å². The molecule has 6 atom stereocenters. The average molecular weight is 557 g/mol. The van der Waals surface area contributed by atoms with Crippen LogP contribution < -0.4 is 0 Å². The Balaban J connectivity index is 0.000000130. The van der Waals surface area contributed by atoms with E-state index in [0.717, 1.165) is 39.3 Å². The predicted octanol–water partition coefficient (Wildman–Crippen LogP) is 3.37. The molecule has 6 rings (SSSR count). The Bertz CT molecular complexity index is 409. The smallest absolute Gasteiger partial charge is 0 e. The van der Waals surface area contributed by atoms with Gasteiger partial charge in [0.15, 0.2) is 0 Å². The minimum absolute atomic E-state index is 0. The molecule has 6 aliphatic rings. The van der Waals surface area contributed by atoms with Gasteiger partial charge in [-0.25, -0.2) is 0 Å². The summed E-state index contributed by atoms with van der Waals surface area (Å²) in [5.74, 6) is 0. The Morgan fingerprint density at radius 2 is 0.548 bits per heavy atom. The van der Waals surface area contributed by atoms with E-state index in [1.165, 1.54) is 0 Å². The maximum atomic E-state index is 4.46. The van der Waals surface area contributed by atoms with Crippen molar-refractivity contribution >= 4 is 0 Å². The molecule has 0 aliphatic carbocycles. The molecule has 6 aliphatic heterocycles. The van der Waals surface area contributed by atoms with Crippen LogP contribution in [0.3, 0.4) is 0 Å². The summed E-state index contributed by atoms with van der Waals surface area (Å²) in [5.41, 5.74) is 0. The molecular weight excluding hydrogens is 517 g/mol. The molecule has 0 spiro atoms. The molecule has 0 N–H and O–H groups in total. The minimum Gasteiger partial charge on any atom is -0.662 e. The Kier molecular flexibility index (Phi) is 9.82. The fraction of sp³-hybridized carbons (Fsp3) is 1.00. The summed E-state index contributed by atoms with van der Waals surface area (Å²) in [5, 5.41) is 26.8. The standard InChI is InChI=1S/3C7H13N3.La/c3*1-5-3-10-4-6(2)9-7(10)8-5;/h3*5-7H,3-4H2,1-2H3;/q3*-2;. The van der Waals surface area contributed by atoms with E-state index in [-0.39, 0.29) is 54.5 Å². The third-order valence-electron chi connectivity index (χ3n) is 6.30. The van der Waals surface area contributed by atoms with E-state index in [1.807, 2.05) is 0 Å². The zero-order valence-corrected chi connectivity index (χ0v) is 23.7. The fourth-order valence-electron chi connectivity index (χ4n) is 5.16. The molecule has 0 amide bonds. The maximum Gasteiger partial charge on any atom is 0 e. The predicted molar refractivity (Wildman–Crippen MR) is 123 cm³/mol. The monoisotopic (exact) mass is 556 g/mol. The molecule has 6 fully saturated rings. The molecule has 1 radical (unpaired) electrons. The third-order valence-corrected chi connectivity index (χ3v) is 6.30. The van der Waals surface area contributed by atoms with E-state index >= 15 is 0 Å². The fourth-order valence-corrected chi connectivity index (χ4v) is 5.16. The van der Waals surface area contributed by atoms with Gasteiger partial charge in [0.2, 0.25) is 0 Å². The van der Waals surface area contributed by atoms with Gasteiger partial charge in [-0.15, -0.1) is 36.3 Å². The molecule has 6 saturated heterocycles. The molecule has 0 aromatic rings. The van der Waals surface area contributed by atoms with E-state index in [0.29, 0.717) is 36.3 Å². The van der Waals surface area contributed by atoms with Crippen molar-refractivity contribution in [2.24, 2.45) is 0 Å². The zero-order valence-electron chi connectivity index (χ0n) is 20.0. The van der Waals surface area contributed by atoms with E-state index in [1.54, 1.807) is 0 Å². The summed E-state index contributed by atoms with van der Waals surface area (Å²) in [6, 6.07) is 3.01. The van der Waals surface area contributed by atoms with Crippen molar-refractivity contribution in [1.82, 2.24) is 14.7 Å². The van der Waals surface area contributed by atoms with Crippen molar-refractivity contribution in [3.8, 4) is 0 Å². The van der Waals surface area contributed by atoms with Gasteiger partial charge in [0.1, 0.15) is 0 Å². The molecule has 6 unspecified atom stereocenters. The molecule has 0 bridgehead atoms. The van der Waals surface area contributed by atoms with Gasteiger partial charge in [-0.05, 0) is 39.3 Å². The summed E-state index contributed by atoms with van der Waals surface area (Å²) in [6.07, 6.45) is 0.639. The number of fused-ring (bicyclic) bond motifs is 3. The third kappa shape index (κ3) is 6.93. The van der Waals surface area contributed by atoms with Crippen LogP contribution in [0.4, 0.5) is 0 Å². The summed E-state index contributed by atoms with van der Waals surface area (Å²) in [7, 11) is 0. The summed E-state index contributed by atoms with van der Waals surface area (Å²) in [6.45, 7) is 19.6. The molecular formula is C21H39LaN9-6. The van der Waals surface area contributed by atoms with E-state index in [9.17, 15) is 0 Å². The number of hydrogen-bond donors (Lipinski definition) is 0. The van der Waals surface area contributed by atoms with Crippen LogP contribution in [0.15, 0.2) is 0 Å². The second kappa shape index (κ2) is 11.5. The van der Waals surface area contributed by atoms with Crippen molar-refractivity contribution in [3.05, 3.63) is 31.9 Å². The van der Waals surface area contributed by atoms with Crippen LogP contribution in [0.2, 0.25) is 0 Å². The average Bonchev–Trinajstić information content (AvgIpc) is 3.41. The first-order valence-electron chi connectivity index (χ1n) is 11.7. The molecule has 0 aromatic heterocycles. The number of hydrogen-bond acceptors (Lipinski definition) is 3. The van der Waals surface area contributed by atoms with E-state index < -0.39 is 0 Å². The Morgan fingerprint density at radius 1 is 0.387 bits per heavy atom. The second-order valence-corrected chi connectivity index (χ2v) is 9.89. The summed E-state index contributed by atoms with van der Waals surface area (Å²) >= 11 is 0. The topological polar surface area (TPSA) is 94.3 Å². The normalized spacial score (nSPS) is 46.5. The first-order chi connectivity index (χ1) is 14.3. The summed E-state index contributed by atoms with van der Waals surface area (Å²) < 4.78 is 0. The van der Waals surface area contributed by atoms with E-state index in [2.05, 4.69) is 88.1 Å². The Hall–Kier alpha value is 0.835. The van der Waals surface area contributed by atoms with Gasteiger partial charge in [-0.1, -0.05) is 41.5 Å². The van der Waals surface area contributed by atoms with Crippen LogP contribution in [0.5, 0.6) is 0 Å². The van der Waals surface area contributed by atoms with Gasteiger partial charge in [0.25, 0.3) is 0 Å². The zero-order chi connectivity index (χ0) is 21.4. The maximum absolute atomic E-state index is 4.46. The van der Waals surface area contributed by atoms with Crippen LogP contribution in [0, 0.1) is 35.6 Å². The van der Waals surface area contributed by atoms with Crippen LogP contribution >= 0.6 is 0 Å². The quantitative estimate of drug-likeness (QED) is 0.458. The first kappa shape index (κ1) is 26.4. The summed E-state index contributed by atoms with van der Waals surface area (Å²) in [4.78, 5) is 7.03. The molecule has 9 nitrogen and oxygen atoms in total. The van der Waals surface area contributed by atoms with Crippen molar-refractivity contribution in [3.63, 3.8) is 0 Å². The van der Waals surface area contributed by atoms with Gasteiger partial charge in [-0.2, -0.15) is 18.9 Å². The largest absolute Gasteiger partial charge is 0.662 e. The second-order valence-electron chi connectivity index (χ2n) is 9.89. The van der Waals surface area contributed by atoms with Crippen LogP contribution in [0.25, 0.3) is 31.9 Å². The van der Waals surface area contributed by atoms with Crippen LogP contribution in [0.1, 0.15) is 41.5 Å². The SMILES string of the molecule is CC1CN2CC(C)[N-]C2[N-]1.CC1CN2CC(C)[N-]C2[N-]1.CC1CN2CC(C)[N-]C2[N-]1.[La]. The Morgan fingerprint density at radius 3 is 0.677 bits per heavy atom. The van der Waals surface area contributed by atoms with Gasteiger partial charge < -0.3 is 46.6 Å². The van der Waals surface area contributed by atoms with Gasteiger partial charge in [-0.3, -0.25) is 0 Å². The van der Waals surface area contributed by atoms with Gasteiger partial charge in [0.05, 0.1) is 0 Å². The van der Waals surface area contributed by atoms with Crippen LogP contribution in [-0.2, 0) is 0 Å². The van der Waals surface area contributed by atoms with Crippen LogP contribution in [-0.4, -0.2) is 109 Å². The van der Waals surface area contributed by atoms with Gasteiger partial charge >= 0.3 is 0 Å². The molecule has 177 valence electrons. The molecule has 31 heavy (non-hydrogen) atoms. The van der Waals surface area contributed by atoms with Crippen molar-refractivity contribution in [1.29, 1.82) is 0 Å². The van der Waals surface area contributed by atoms with Gasteiger partial charge in [0, 0.05) is 35.6 Å². The molecule has 10 heteroatoms. The number of rotatable bonds is 0. The van der Waals surface area contributed by atoms with E-state index in [4.69, 9.17) is 0 Å². The molecule has 0 saturated carbocycles. The Labute approximate surface area is 217 Å². The molecule has 0 aromatic carbocycles. The number of nitrogens with zero attached hydrogens (tertiary/aromatic N) is 9. The first-order valence-corrected chi connectivity index (χ1v) is 11.7. The minimum atomic E-state index is 0. The van der Waals surface area contributed by atoms with Crippen molar-refractivity contribution in [2.45, 2.75) is 96.7 Å². The van der Waals surface area contributed by atoms with Crippen molar-refractivity contribution < 1.29 is 35.6 Å². The molecule has 6 heterocycles.